The molecule has 2 aromatic carbocycles. The fraction of sp³-hybridized carbons (Fsp3) is 0.345. The molecule has 1 unspecified atom stereocenters. The first-order chi connectivity index (χ1) is 18.4. The van der Waals surface area contributed by atoms with Crippen LogP contribution in [0.1, 0.15) is 57.2 Å². The van der Waals surface area contributed by atoms with Crippen molar-refractivity contribution in [2.24, 2.45) is 4.99 Å². The molecule has 200 valence electrons. The molecule has 0 aliphatic carbocycles. The van der Waals surface area contributed by atoms with Crippen LogP contribution in [0.3, 0.4) is 0 Å². The average molecular weight is 537 g/mol. The minimum atomic E-state index is -0.700. The van der Waals surface area contributed by atoms with Crippen LogP contribution >= 0.6 is 11.3 Å². The number of carbonyl (C=O) groups excluding carboxylic acids is 1. The van der Waals surface area contributed by atoms with E-state index < -0.39 is 12.0 Å². The van der Waals surface area contributed by atoms with Crippen molar-refractivity contribution in [2.45, 2.75) is 46.1 Å². The Morgan fingerprint density at radius 1 is 1.13 bits per heavy atom. The number of phenols is 1. The highest BCUT2D eigenvalue weighted by Gasteiger charge is 2.33. The molecule has 1 aliphatic heterocycles. The Morgan fingerprint density at radius 2 is 1.89 bits per heavy atom. The number of esters is 1. The van der Waals surface area contributed by atoms with Crippen molar-refractivity contribution in [3.63, 3.8) is 0 Å². The van der Waals surface area contributed by atoms with Gasteiger partial charge in [-0.15, -0.1) is 0 Å². The topological polar surface area (TPSA) is 99.4 Å². The van der Waals surface area contributed by atoms with Crippen LogP contribution in [0.25, 0.3) is 6.08 Å². The minimum absolute atomic E-state index is 0.0293. The fourth-order valence-electron chi connectivity index (χ4n) is 4.34. The number of fused-ring (bicyclic) bond motifs is 1. The SMILES string of the molecule is CCCCCOc1ccc(C2C(C(=O)OC)=C(C)N=c3s/c(=C\c4ccc(O)c(OCC)c4)c(=O)n32)cc1. The maximum Gasteiger partial charge on any atom is 0.338 e. The summed E-state index contributed by atoms with van der Waals surface area (Å²) in [7, 11) is 1.32. The van der Waals surface area contributed by atoms with Crippen molar-refractivity contribution in [3.8, 4) is 17.2 Å². The summed E-state index contributed by atoms with van der Waals surface area (Å²) in [5.41, 5.74) is 1.97. The summed E-state index contributed by atoms with van der Waals surface area (Å²) in [5.74, 6) is 0.564. The van der Waals surface area contributed by atoms with Crippen LogP contribution in [-0.4, -0.2) is 36.0 Å². The predicted octanol–water partition coefficient (Wildman–Crippen LogP) is 4.08. The molecular formula is C29H32N2O6S. The van der Waals surface area contributed by atoms with Gasteiger partial charge in [-0.05, 0) is 61.7 Å². The number of aromatic hydroxyl groups is 1. The number of rotatable bonds is 10. The molecule has 2 heterocycles. The van der Waals surface area contributed by atoms with Crippen LogP contribution < -0.4 is 24.4 Å². The number of methoxy groups -OCH3 is 1. The Kier molecular flexibility index (Phi) is 8.68. The van der Waals surface area contributed by atoms with Gasteiger partial charge in [0.15, 0.2) is 16.3 Å². The van der Waals surface area contributed by atoms with Crippen LogP contribution in [-0.2, 0) is 9.53 Å². The number of aromatic nitrogens is 1. The maximum atomic E-state index is 13.7. The largest absolute Gasteiger partial charge is 0.504 e. The highest BCUT2D eigenvalue weighted by Crippen LogP contribution is 2.32. The number of nitrogens with zero attached hydrogens (tertiary/aromatic N) is 2. The van der Waals surface area contributed by atoms with E-state index in [1.807, 2.05) is 31.2 Å². The highest BCUT2D eigenvalue weighted by atomic mass is 32.1. The Bertz CT molecular complexity index is 1520. The van der Waals surface area contributed by atoms with E-state index in [-0.39, 0.29) is 11.3 Å². The third-order valence-electron chi connectivity index (χ3n) is 6.22. The van der Waals surface area contributed by atoms with Gasteiger partial charge in [-0.3, -0.25) is 9.36 Å². The van der Waals surface area contributed by atoms with Gasteiger partial charge in [0.1, 0.15) is 5.75 Å². The zero-order chi connectivity index (χ0) is 27.2. The number of hydrogen-bond acceptors (Lipinski definition) is 8. The molecule has 38 heavy (non-hydrogen) atoms. The molecule has 0 fully saturated rings. The molecule has 0 bridgehead atoms. The van der Waals surface area contributed by atoms with E-state index in [1.54, 1.807) is 25.1 Å². The summed E-state index contributed by atoms with van der Waals surface area (Å²) in [6.07, 6.45) is 4.94. The minimum Gasteiger partial charge on any atom is -0.504 e. The van der Waals surface area contributed by atoms with E-state index in [9.17, 15) is 14.7 Å². The predicted molar refractivity (Wildman–Crippen MR) is 147 cm³/mol. The normalized spacial score (nSPS) is 15.2. The van der Waals surface area contributed by atoms with Crippen molar-refractivity contribution in [1.82, 2.24) is 4.57 Å². The summed E-state index contributed by atoms with van der Waals surface area (Å²) in [5, 5.41) is 10.0. The smallest absolute Gasteiger partial charge is 0.338 e. The molecule has 0 saturated heterocycles. The first-order valence-electron chi connectivity index (χ1n) is 12.7. The molecule has 1 N–H and O–H groups in total. The van der Waals surface area contributed by atoms with Gasteiger partial charge in [0.25, 0.3) is 5.56 Å². The van der Waals surface area contributed by atoms with Crippen LogP contribution in [0.4, 0.5) is 0 Å². The number of unbranched alkanes of at least 4 members (excludes halogenated alkanes) is 2. The van der Waals surface area contributed by atoms with Crippen LogP contribution in [0.5, 0.6) is 17.2 Å². The monoisotopic (exact) mass is 536 g/mol. The van der Waals surface area contributed by atoms with Crippen molar-refractivity contribution in [2.75, 3.05) is 20.3 Å². The zero-order valence-electron chi connectivity index (χ0n) is 22.0. The molecule has 1 aliphatic rings. The first kappa shape index (κ1) is 27.2. The number of thiazole rings is 1. The van der Waals surface area contributed by atoms with Crippen molar-refractivity contribution in [3.05, 3.63) is 84.5 Å². The third-order valence-corrected chi connectivity index (χ3v) is 7.20. The molecule has 1 aromatic heterocycles. The second-order valence-electron chi connectivity index (χ2n) is 8.86. The van der Waals surface area contributed by atoms with Crippen molar-refractivity contribution < 1.29 is 24.1 Å². The maximum absolute atomic E-state index is 13.7. The molecule has 9 heteroatoms. The molecule has 8 nitrogen and oxygen atoms in total. The van der Waals surface area contributed by atoms with Gasteiger partial charge in [-0.2, -0.15) is 0 Å². The molecule has 0 amide bonds. The summed E-state index contributed by atoms with van der Waals surface area (Å²) in [6.45, 7) is 6.76. The second kappa shape index (κ2) is 12.1. The molecule has 0 radical (unpaired) electrons. The van der Waals surface area contributed by atoms with Crippen LogP contribution in [0.15, 0.2) is 63.5 Å². The summed E-state index contributed by atoms with van der Waals surface area (Å²) >= 11 is 1.24. The average Bonchev–Trinajstić information content (AvgIpc) is 3.22. The number of phenolic OH excluding ortho intramolecular Hbond substituents is 1. The molecular weight excluding hydrogens is 504 g/mol. The Labute approximate surface area is 225 Å². The number of ether oxygens (including phenoxy) is 3. The summed E-state index contributed by atoms with van der Waals surface area (Å²) in [6, 6.07) is 11.7. The molecule has 0 saturated carbocycles. The van der Waals surface area contributed by atoms with Gasteiger partial charge in [0, 0.05) is 0 Å². The number of hydrogen-bond donors (Lipinski definition) is 1. The van der Waals surface area contributed by atoms with Crippen LogP contribution in [0.2, 0.25) is 0 Å². The Hall–Kier alpha value is -3.85. The number of benzene rings is 2. The lowest BCUT2D eigenvalue weighted by Gasteiger charge is -2.24. The third kappa shape index (κ3) is 5.67. The summed E-state index contributed by atoms with van der Waals surface area (Å²) < 4.78 is 18.4. The van der Waals surface area contributed by atoms with Crippen molar-refractivity contribution >= 4 is 23.4 Å². The number of allylic oxidation sites excluding steroid dienone is 1. The molecule has 3 aromatic rings. The van der Waals surface area contributed by atoms with Gasteiger partial charge < -0.3 is 19.3 Å². The van der Waals surface area contributed by atoms with E-state index in [0.717, 1.165) is 30.6 Å². The van der Waals surface area contributed by atoms with E-state index >= 15 is 0 Å². The zero-order valence-corrected chi connectivity index (χ0v) is 22.8. The lowest BCUT2D eigenvalue weighted by Crippen LogP contribution is -2.39. The van der Waals surface area contributed by atoms with Gasteiger partial charge in [-0.1, -0.05) is 49.3 Å². The molecule has 1 atom stereocenters. The number of carbonyl (C=O) groups is 1. The lowest BCUT2D eigenvalue weighted by molar-refractivity contribution is -0.136. The van der Waals surface area contributed by atoms with Crippen molar-refractivity contribution in [1.29, 1.82) is 0 Å². The molecule has 0 spiro atoms. The molecule has 4 rings (SSSR count). The Balaban J connectivity index is 1.79. The van der Waals surface area contributed by atoms with Gasteiger partial charge in [-0.25, -0.2) is 9.79 Å². The second-order valence-corrected chi connectivity index (χ2v) is 9.87. The first-order valence-corrected chi connectivity index (χ1v) is 13.5. The van der Waals surface area contributed by atoms with E-state index in [2.05, 4.69) is 11.9 Å². The standard InChI is InChI=1S/C29H32N2O6S/c1-5-7-8-15-37-21-12-10-20(11-13-21)26-25(28(34)35-4)18(3)30-29-31(26)27(33)24(38-29)17-19-9-14-22(32)23(16-19)36-6-2/h9-14,16-17,26,32H,5-8,15H2,1-4H3/b24-17-. The van der Waals surface area contributed by atoms with Gasteiger partial charge in [0.05, 0.1) is 42.2 Å². The van der Waals surface area contributed by atoms with E-state index in [4.69, 9.17) is 14.2 Å². The van der Waals surface area contributed by atoms with E-state index in [0.29, 0.717) is 45.1 Å². The quantitative estimate of drug-likeness (QED) is 0.310. The fourth-order valence-corrected chi connectivity index (χ4v) is 5.39. The van der Waals surface area contributed by atoms with E-state index in [1.165, 1.54) is 29.1 Å². The Morgan fingerprint density at radius 3 is 2.58 bits per heavy atom. The van der Waals surface area contributed by atoms with Gasteiger partial charge >= 0.3 is 5.97 Å². The van der Waals surface area contributed by atoms with Gasteiger partial charge in [0.2, 0.25) is 0 Å². The highest BCUT2D eigenvalue weighted by molar-refractivity contribution is 7.07. The van der Waals surface area contributed by atoms with Crippen LogP contribution in [0, 0.1) is 0 Å². The summed E-state index contributed by atoms with van der Waals surface area (Å²) in [4.78, 5) is 31.6. The lowest BCUT2D eigenvalue weighted by atomic mass is 9.96.